The Kier molecular flexibility index (Phi) is 7.70. The van der Waals surface area contributed by atoms with Crippen LogP contribution in [0.5, 0.6) is 0 Å². The number of hydrogen-bond acceptors (Lipinski definition) is 5. The molecule has 0 saturated heterocycles. The second-order valence-corrected chi connectivity index (χ2v) is 13.6. The van der Waals surface area contributed by atoms with E-state index in [1.165, 1.54) is 11.1 Å². The summed E-state index contributed by atoms with van der Waals surface area (Å²) in [6, 6.07) is -1.16. The summed E-state index contributed by atoms with van der Waals surface area (Å²) in [4.78, 5) is 44.6. The maximum Gasteiger partial charge on any atom is 0.433 e. The van der Waals surface area contributed by atoms with E-state index in [0.29, 0.717) is 30.4 Å². The zero-order valence-electron chi connectivity index (χ0n) is 23.8. The van der Waals surface area contributed by atoms with Crippen molar-refractivity contribution in [2.45, 2.75) is 84.5 Å². The summed E-state index contributed by atoms with van der Waals surface area (Å²) < 4.78 is 44.6. The Bertz CT molecular complexity index is 1430. The molecule has 13 heteroatoms. The molecule has 0 bridgehead atoms. The number of ketones is 1. The Morgan fingerprint density at radius 2 is 1.69 bits per heavy atom. The molecule has 3 aliphatic rings. The molecule has 0 aromatic carbocycles. The Morgan fingerprint density at radius 1 is 1.10 bits per heavy atom. The number of aryl methyl sites for hydroxylation is 1. The number of hydrogen-bond donors (Lipinski definition) is 1. The van der Waals surface area contributed by atoms with Crippen LogP contribution in [0.15, 0.2) is 12.4 Å². The number of carbonyl (C=O) groups is 3. The highest BCUT2D eigenvalue weighted by atomic mass is 35.5. The molecule has 2 heterocycles. The normalized spacial score (nSPS) is 28.3. The van der Waals surface area contributed by atoms with Crippen LogP contribution in [0, 0.1) is 29.6 Å². The zero-order chi connectivity index (χ0) is 30.9. The van der Waals surface area contributed by atoms with Gasteiger partial charge in [-0.05, 0) is 69.6 Å². The first kappa shape index (κ1) is 30.8. The Morgan fingerprint density at radius 3 is 2.24 bits per heavy atom. The summed E-state index contributed by atoms with van der Waals surface area (Å²) in [5.74, 6) is -1.87. The van der Waals surface area contributed by atoms with Gasteiger partial charge in [-0.1, -0.05) is 37.0 Å². The topological polar surface area (TPSA) is 105 Å². The summed E-state index contributed by atoms with van der Waals surface area (Å²) in [6.07, 6.45) is -0.835. The van der Waals surface area contributed by atoms with Crippen molar-refractivity contribution >= 4 is 40.9 Å². The van der Waals surface area contributed by atoms with Gasteiger partial charge in [-0.15, -0.1) is 0 Å². The molecule has 1 amide bonds. The van der Waals surface area contributed by atoms with Crippen LogP contribution in [-0.2, 0) is 11.0 Å². The maximum absolute atomic E-state index is 14.6. The van der Waals surface area contributed by atoms with Gasteiger partial charge in [0.05, 0.1) is 45.4 Å². The van der Waals surface area contributed by atoms with Crippen LogP contribution in [-0.4, -0.2) is 55.0 Å². The van der Waals surface area contributed by atoms with Crippen LogP contribution in [0.4, 0.5) is 13.2 Å². The molecule has 42 heavy (non-hydrogen) atoms. The van der Waals surface area contributed by atoms with Crippen molar-refractivity contribution < 1.29 is 32.7 Å². The highest BCUT2D eigenvalue weighted by Crippen LogP contribution is 2.67. The number of carbonyl (C=O) groups excluding carboxylic acids is 2. The molecule has 0 aliphatic heterocycles. The molecule has 3 saturated carbocycles. The Labute approximate surface area is 251 Å². The summed E-state index contributed by atoms with van der Waals surface area (Å²) in [5.41, 5.74) is -2.43. The van der Waals surface area contributed by atoms with Gasteiger partial charge in [0.2, 0.25) is 0 Å². The average molecular weight is 630 g/mol. The number of rotatable bonds is 7. The highest BCUT2D eigenvalue weighted by Gasteiger charge is 2.63. The van der Waals surface area contributed by atoms with Gasteiger partial charge in [0.15, 0.2) is 11.5 Å². The lowest BCUT2D eigenvalue weighted by Crippen LogP contribution is -2.44. The smallest absolute Gasteiger partial charge is 0.433 e. The van der Waals surface area contributed by atoms with Crippen LogP contribution in [0.2, 0.25) is 10.0 Å². The van der Waals surface area contributed by atoms with E-state index < -0.39 is 59.1 Å². The number of alkyl halides is 3. The van der Waals surface area contributed by atoms with Gasteiger partial charge >= 0.3 is 12.1 Å². The number of aromatic nitrogens is 3. The van der Waals surface area contributed by atoms with Crippen molar-refractivity contribution in [3.63, 3.8) is 0 Å². The van der Waals surface area contributed by atoms with Crippen molar-refractivity contribution in [2.75, 3.05) is 6.54 Å². The quantitative estimate of drug-likeness (QED) is 0.335. The minimum Gasteiger partial charge on any atom is -0.481 e. The van der Waals surface area contributed by atoms with E-state index >= 15 is 0 Å². The Balaban J connectivity index is 1.49. The number of fused-ring (bicyclic) bond motifs is 1. The van der Waals surface area contributed by atoms with Gasteiger partial charge in [-0.2, -0.15) is 18.3 Å². The van der Waals surface area contributed by atoms with E-state index in [9.17, 15) is 32.7 Å². The van der Waals surface area contributed by atoms with E-state index in [0.717, 1.165) is 10.9 Å². The van der Waals surface area contributed by atoms with Crippen LogP contribution in [0.3, 0.4) is 0 Å². The van der Waals surface area contributed by atoms with Gasteiger partial charge in [0.1, 0.15) is 0 Å². The monoisotopic (exact) mass is 628 g/mol. The van der Waals surface area contributed by atoms with E-state index in [1.54, 1.807) is 13.8 Å². The Hall–Kier alpha value is -2.66. The fourth-order valence-corrected chi connectivity index (χ4v) is 7.57. The molecule has 2 aromatic rings. The predicted molar refractivity (Wildman–Crippen MR) is 149 cm³/mol. The maximum atomic E-state index is 14.6. The number of pyridine rings is 1. The minimum atomic E-state index is -4.92. The molecule has 3 aliphatic carbocycles. The van der Waals surface area contributed by atoms with Crippen LogP contribution < -0.4 is 0 Å². The fourth-order valence-electron chi connectivity index (χ4n) is 7.14. The fraction of sp³-hybridized carbons (Fsp3) is 0.621. The average Bonchev–Trinajstić information content (AvgIpc) is 3.33. The second kappa shape index (κ2) is 10.5. The predicted octanol–water partition coefficient (Wildman–Crippen LogP) is 6.88. The molecular formula is C29H33Cl2F3N4O4. The van der Waals surface area contributed by atoms with Crippen molar-refractivity contribution in [3.8, 4) is 0 Å². The molecule has 1 N–H and O–H groups in total. The van der Waals surface area contributed by atoms with Crippen molar-refractivity contribution in [2.24, 2.45) is 22.7 Å². The van der Waals surface area contributed by atoms with Gasteiger partial charge in [-0.25, -0.2) is 0 Å². The number of halogens is 5. The SMILES string of the molecule is Cc1ncc(Cl)c(Cl)c1C(=O)CN(C(=O)c1cnn(C2CCC(C)(C(=O)O)CC2)c1C(F)(F)F)C1CC2C(C1)C2(C)C. The molecule has 0 spiro atoms. The van der Waals surface area contributed by atoms with Gasteiger partial charge < -0.3 is 10.0 Å². The van der Waals surface area contributed by atoms with Crippen molar-refractivity contribution in [1.82, 2.24) is 19.7 Å². The third-order valence-corrected chi connectivity index (χ3v) is 10.8. The largest absolute Gasteiger partial charge is 0.481 e. The van der Waals surface area contributed by atoms with Gasteiger partial charge in [-0.3, -0.25) is 24.0 Å². The zero-order valence-corrected chi connectivity index (χ0v) is 25.3. The van der Waals surface area contributed by atoms with Crippen LogP contribution in [0.25, 0.3) is 0 Å². The van der Waals surface area contributed by atoms with Crippen molar-refractivity contribution in [3.05, 3.63) is 45.0 Å². The third kappa shape index (κ3) is 5.20. The van der Waals surface area contributed by atoms with E-state index in [2.05, 4.69) is 23.9 Å². The number of Topliss-reactive ketones (excluding diaryl/α,β-unsaturated/α-hetero) is 1. The molecule has 2 aromatic heterocycles. The molecule has 3 fully saturated rings. The van der Waals surface area contributed by atoms with E-state index in [4.69, 9.17) is 23.2 Å². The summed E-state index contributed by atoms with van der Waals surface area (Å²) in [6.45, 7) is 6.92. The van der Waals surface area contributed by atoms with E-state index in [1.807, 2.05) is 0 Å². The van der Waals surface area contributed by atoms with Crippen LogP contribution in [0.1, 0.15) is 97.4 Å². The summed E-state index contributed by atoms with van der Waals surface area (Å²) in [7, 11) is 0. The molecular weight excluding hydrogens is 596 g/mol. The standard InChI is InChI=1S/C29H33Cl2F3N4O4/c1-14-22(23(31)20(30)12-35-14)21(39)13-37(16-9-18-19(10-16)27(18,2)3)25(40)17-11-36-38(24(17)29(32,33)34)15-5-7-28(4,8-6-15)26(41)42/h11-12,15-16,18-19H,5-10,13H2,1-4H3,(H,41,42). The molecule has 228 valence electrons. The molecule has 5 rings (SSSR count). The van der Waals surface area contributed by atoms with E-state index in [-0.39, 0.29) is 46.7 Å². The second-order valence-electron chi connectivity index (χ2n) is 12.8. The molecule has 2 unspecified atom stereocenters. The minimum absolute atomic E-state index is 0.0218. The number of carboxylic acids is 1. The lowest BCUT2D eigenvalue weighted by molar-refractivity contribution is -0.152. The van der Waals surface area contributed by atoms with Crippen LogP contribution >= 0.6 is 23.2 Å². The number of aliphatic carboxylic acids is 1. The number of nitrogens with zero attached hydrogens (tertiary/aromatic N) is 4. The molecule has 8 nitrogen and oxygen atoms in total. The third-order valence-electron chi connectivity index (χ3n) is 10.0. The summed E-state index contributed by atoms with van der Waals surface area (Å²) in [5, 5.41) is 13.6. The van der Waals surface area contributed by atoms with Gasteiger partial charge in [0, 0.05) is 17.9 Å². The number of carboxylic acid groups (broad SMARTS) is 1. The highest BCUT2D eigenvalue weighted by molar-refractivity contribution is 6.44. The lowest BCUT2D eigenvalue weighted by Gasteiger charge is -2.35. The van der Waals surface area contributed by atoms with Crippen molar-refractivity contribution in [1.29, 1.82) is 0 Å². The summed E-state index contributed by atoms with van der Waals surface area (Å²) >= 11 is 12.4. The van der Waals surface area contributed by atoms with Gasteiger partial charge in [0.25, 0.3) is 5.91 Å². The molecule has 0 radical (unpaired) electrons. The first-order valence-corrected chi connectivity index (χ1v) is 14.8. The lowest BCUT2D eigenvalue weighted by atomic mass is 9.74. The molecule has 2 atom stereocenters. The first-order chi connectivity index (χ1) is 19.5. The first-order valence-electron chi connectivity index (χ1n) is 14.0. The number of amides is 1.